The van der Waals surface area contributed by atoms with Gasteiger partial charge in [0.1, 0.15) is 0 Å². The number of benzene rings is 2. The van der Waals surface area contributed by atoms with Crippen molar-refractivity contribution in [3.63, 3.8) is 0 Å². The van der Waals surface area contributed by atoms with Crippen molar-refractivity contribution in [3.8, 4) is 0 Å². The second-order valence-electron chi connectivity index (χ2n) is 6.98. The molecule has 0 saturated carbocycles. The predicted octanol–water partition coefficient (Wildman–Crippen LogP) is 3.87. The average molecular weight is 350 g/mol. The molecule has 2 atom stereocenters. The first-order valence-corrected chi connectivity index (χ1v) is 9.31. The fourth-order valence-corrected chi connectivity index (χ4v) is 3.42. The van der Waals surface area contributed by atoms with Crippen LogP contribution in [-0.2, 0) is 16.1 Å². The van der Waals surface area contributed by atoms with Gasteiger partial charge in [-0.3, -0.25) is 9.59 Å². The molecule has 0 radical (unpaired) electrons. The molecule has 2 amide bonds. The van der Waals surface area contributed by atoms with E-state index in [2.05, 4.69) is 25.2 Å². The van der Waals surface area contributed by atoms with Crippen LogP contribution in [0.15, 0.2) is 54.6 Å². The van der Waals surface area contributed by atoms with E-state index in [1.807, 2.05) is 48.5 Å². The molecule has 1 heterocycles. The highest BCUT2D eigenvalue weighted by molar-refractivity contribution is 6.00. The minimum atomic E-state index is -0.295. The molecule has 0 spiro atoms. The van der Waals surface area contributed by atoms with Crippen molar-refractivity contribution < 1.29 is 9.59 Å². The summed E-state index contributed by atoms with van der Waals surface area (Å²) in [7, 11) is 0. The van der Waals surface area contributed by atoms with Crippen LogP contribution in [0.1, 0.15) is 43.7 Å². The lowest BCUT2D eigenvalue weighted by Gasteiger charge is -2.23. The molecule has 2 aromatic carbocycles. The van der Waals surface area contributed by atoms with Crippen molar-refractivity contribution in [2.75, 3.05) is 11.4 Å². The van der Waals surface area contributed by atoms with Crippen LogP contribution in [0.25, 0.3) is 0 Å². The Balaban J connectivity index is 1.68. The Morgan fingerprint density at radius 3 is 2.58 bits per heavy atom. The number of carbonyl (C=O) groups excluding carboxylic acids is 2. The molecule has 1 saturated heterocycles. The van der Waals surface area contributed by atoms with E-state index in [0.717, 1.165) is 17.7 Å². The third kappa shape index (κ3) is 3.96. The molecule has 0 aromatic heterocycles. The van der Waals surface area contributed by atoms with Gasteiger partial charge in [0, 0.05) is 25.2 Å². The monoisotopic (exact) mass is 350 g/mol. The minimum absolute atomic E-state index is 0.0283. The molecule has 1 aliphatic rings. The van der Waals surface area contributed by atoms with Crippen molar-refractivity contribution >= 4 is 17.5 Å². The van der Waals surface area contributed by atoms with Crippen molar-refractivity contribution in [1.29, 1.82) is 0 Å². The van der Waals surface area contributed by atoms with Gasteiger partial charge in [0.2, 0.25) is 11.8 Å². The SMILES string of the molecule is CC[C@@H](C)c1ccccc1N1C[C@@H](C(=O)NCc2ccccc2)CC1=O. The number of nitrogens with zero attached hydrogens (tertiary/aromatic N) is 1. The Kier molecular flexibility index (Phi) is 5.71. The number of amides is 2. The standard InChI is InChI=1S/C22H26N2O2/c1-3-16(2)19-11-7-8-12-20(19)24-15-18(13-21(24)25)22(26)23-14-17-9-5-4-6-10-17/h4-12,16,18H,3,13-15H2,1-2H3,(H,23,26)/t16-,18+/m1/s1. The summed E-state index contributed by atoms with van der Waals surface area (Å²) >= 11 is 0. The first kappa shape index (κ1) is 18.2. The topological polar surface area (TPSA) is 49.4 Å². The number of anilines is 1. The van der Waals surface area contributed by atoms with Gasteiger partial charge < -0.3 is 10.2 Å². The summed E-state index contributed by atoms with van der Waals surface area (Å²) in [5.74, 6) is 0.0625. The second kappa shape index (κ2) is 8.17. The summed E-state index contributed by atoms with van der Waals surface area (Å²) < 4.78 is 0. The van der Waals surface area contributed by atoms with Gasteiger partial charge >= 0.3 is 0 Å². The molecule has 1 aliphatic heterocycles. The number of para-hydroxylation sites is 1. The van der Waals surface area contributed by atoms with Gasteiger partial charge in [-0.1, -0.05) is 62.4 Å². The van der Waals surface area contributed by atoms with E-state index in [0.29, 0.717) is 19.0 Å². The highest BCUT2D eigenvalue weighted by Crippen LogP contribution is 2.33. The fourth-order valence-electron chi connectivity index (χ4n) is 3.42. The van der Waals surface area contributed by atoms with Gasteiger partial charge in [-0.2, -0.15) is 0 Å². The van der Waals surface area contributed by atoms with Crippen LogP contribution in [0.3, 0.4) is 0 Å². The lowest BCUT2D eigenvalue weighted by molar-refractivity contribution is -0.126. The average Bonchev–Trinajstić information content (AvgIpc) is 3.08. The maximum Gasteiger partial charge on any atom is 0.227 e. The molecule has 1 N–H and O–H groups in total. The molecular weight excluding hydrogens is 324 g/mol. The van der Waals surface area contributed by atoms with Crippen LogP contribution in [0.4, 0.5) is 5.69 Å². The van der Waals surface area contributed by atoms with Crippen LogP contribution in [-0.4, -0.2) is 18.4 Å². The van der Waals surface area contributed by atoms with E-state index in [1.165, 1.54) is 5.56 Å². The first-order chi connectivity index (χ1) is 12.6. The van der Waals surface area contributed by atoms with Gasteiger partial charge in [0.25, 0.3) is 0 Å². The Hall–Kier alpha value is -2.62. The molecule has 4 heteroatoms. The third-order valence-electron chi connectivity index (χ3n) is 5.18. The fraction of sp³-hybridized carbons (Fsp3) is 0.364. The molecule has 0 unspecified atom stereocenters. The van der Waals surface area contributed by atoms with E-state index in [1.54, 1.807) is 4.90 Å². The number of nitrogens with one attached hydrogen (secondary N) is 1. The van der Waals surface area contributed by atoms with E-state index in [4.69, 9.17) is 0 Å². The van der Waals surface area contributed by atoms with Gasteiger partial charge in [-0.15, -0.1) is 0 Å². The van der Waals surface area contributed by atoms with Gasteiger partial charge in [0.15, 0.2) is 0 Å². The zero-order valence-corrected chi connectivity index (χ0v) is 15.4. The van der Waals surface area contributed by atoms with Crippen LogP contribution < -0.4 is 10.2 Å². The summed E-state index contributed by atoms with van der Waals surface area (Å²) in [6.45, 7) is 5.26. The van der Waals surface area contributed by atoms with Crippen LogP contribution in [0.2, 0.25) is 0 Å². The van der Waals surface area contributed by atoms with E-state index < -0.39 is 0 Å². The molecule has 3 rings (SSSR count). The normalized spacial score (nSPS) is 18.0. The maximum absolute atomic E-state index is 12.6. The maximum atomic E-state index is 12.6. The number of hydrogen-bond acceptors (Lipinski definition) is 2. The van der Waals surface area contributed by atoms with Crippen molar-refractivity contribution in [1.82, 2.24) is 5.32 Å². The Morgan fingerprint density at radius 2 is 1.85 bits per heavy atom. The summed E-state index contributed by atoms with van der Waals surface area (Å²) in [5.41, 5.74) is 3.18. The summed E-state index contributed by atoms with van der Waals surface area (Å²) in [4.78, 5) is 26.9. The predicted molar refractivity (Wildman–Crippen MR) is 104 cm³/mol. The van der Waals surface area contributed by atoms with E-state index in [9.17, 15) is 9.59 Å². The van der Waals surface area contributed by atoms with Crippen LogP contribution >= 0.6 is 0 Å². The number of hydrogen-bond donors (Lipinski definition) is 1. The summed E-state index contributed by atoms with van der Waals surface area (Å²) in [6, 6.07) is 17.9. The van der Waals surface area contributed by atoms with E-state index in [-0.39, 0.29) is 24.2 Å². The number of carbonyl (C=O) groups is 2. The zero-order valence-electron chi connectivity index (χ0n) is 15.4. The van der Waals surface area contributed by atoms with Gasteiger partial charge in [0.05, 0.1) is 5.92 Å². The highest BCUT2D eigenvalue weighted by atomic mass is 16.2. The van der Waals surface area contributed by atoms with E-state index >= 15 is 0 Å². The molecular formula is C22H26N2O2. The summed E-state index contributed by atoms with van der Waals surface area (Å²) in [5, 5.41) is 2.96. The molecule has 26 heavy (non-hydrogen) atoms. The van der Waals surface area contributed by atoms with Gasteiger partial charge in [-0.05, 0) is 29.5 Å². The lowest BCUT2D eigenvalue weighted by Crippen LogP contribution is -2.32. The first-order valence-electron chi connectivity index (χ1n) is 9.31. The molecule has 0 bridgehead atoms. The third-order valence-corrected chi connectivity index (χ3v) is 5.18. The number of rotatable bonds is 6. The molecule has 1 fully saturated rings. The zero-order chi connectivity index (χ0) is 18.5. The van der Waals surface area contributed by atoms with Crippen LogP contribution in [0, 0.1) is 5.92 Å². The Morgan fingerprint density at radius 1 is 1.15 bits per heavy atom. The highest BCUT2D eigenvalue weighted by Gasteiger charge is 2.36. The van der Waals surface area contributed by atoms with Gasteiger partial charge in [-0.25, -0.2) is 0 Å². The van der Waals surface area contributed by atoms with Crippen LogP contribution in [0.5, 0.6) is 0 Å². The largest absolute Gasteiger partial charge is 0.352 e. The van der Waals surface area contributed by atoms with Crippen molar-refractivity contribution in [3.05, 3.63) is 65.7 Å². The Labute approximate surface area is 155 Å². The molecule has 136 valence electrons. The summed E-state index contributed by atoms with van der Waals surface area (Å²) in [6.07, 6.45) is 1.29. The quantitative estimate of drug-likeness (QED) is 0.860. The molecule has 0 aliphatic carbocycles. The lowest BCUT2D eigenvalue weighted by atomic mass is 9.96. The van der Waals surface area contributed by atoms with Crippen molar-refractivity contribution in [2.45, 2.75) is 39.2 Å². The second-order valence-corrected chi connectivity index (χ2v) is 6.98. The Bertz CT molecular complexity index is 773. The molecule has 4 nitrogen and oxygen atoms in total. The minimum Gasteiger partial charge on any atom is -0.352 e. The van der Waals surface area contributed by atoms with Crippen molar-refractivity contribution in [2.24, 2.45) is 5.92 Å². The molecule has 2 aromatic rings. The smallest absolute Gasteiger partial charge is 0.227 e.